The summed E-state index contributed by atoms with van der Waals surface area (Å²) >= 11 is 0. The van der Waals surface area contributed by atoms with Gasteiger partial charge in [-0.15, -0.1) is 0 Å². The first-order valence-corrected chi connectivity index (χ1v) is 1.11. The Morgan fingerprint density at radius 2 is 1.00 bits per heavy atom. The quantitative estimate of drug-likeness (QED) is 0.306. The van der Waals surface area contributed by atoms with Crippen LogP contribution < -0.4 is 0 Å². The predicted molar refractivity (Wildman–Crippen MR) is 38.1 cm³/mol. The Labute approximate surface area is 126 Å². The van der Waals surface area contributed by atoms with Crippen LogP contribution in [0.3, 0.4) is 0 Å². The van der Waals surface area contributed by atoms with Crippen LogP contribution in [0.15, 0.2) is 0 Å². The van der Waals surface area contributed by atoms with Crippen molar-refractivity contribution in [2.45, 2.75) is 0 Å². The molecule has 0 saturated carbocycles. The van der Waals surface area contributed by atoms with Crippen molar-refractivity contribution in [3.05, 3.63) is 0 Å². The molecular formula is C2H6CaNa2O4. The van der Waals surface area contributed by atoms with Crippen LogP contribution in [0.25, 0.3) is 0 Å². The van der Waals surface area contributed by atoms with Gasteiger partial charge in [0.05, 0.1) is 0 Å². The van der Waals surface area contributed by atoms with Crippen molar-refractivity contribution in [3.63, 3.8) is 0 Å². The molecule has 0 atom stereocenters. The Kier molecular flexibility index (Phi) is 32.1. The Morgan fingerprint density at radius 1 is 0.889 bits per heavy atom. The monoisotopic (exact) mass is 180 g/mol. The van der Waals surface area contributed by atoms with E-state index >= 15 is 0 Å². The molecule has 0 aromatic rings. The minimum absolute atomic E-state index is 0. The van der Waals surface area contributed by atoms with Gasteiger partial charge in [-0.05, 0) is 0 Å². The Morgan fingerprint density at radius 3 is 1.00 bits per heavy atom. The third kappa shape index (κ3) is 17.8. The fourth-order valence-electron chi connectivity index (χ4n) is 0. The van der Waals surface area contributed by atoms with Gasteiger partial charge >= 0.3 is 109 Å². The Hall–Kier alpha value is 2.20. The third-order valence-electron chi connectivity index (χ3n) is 0.183. The molecule has 0 aliphatic heterocycles. The van der Waals surface area contributed by atoms with Crippen LogP contribution in [0.4, 0.5) is 0 Å². The molecule has 42 valence electrons. The van der Waals surface area contributed by atoms with Crippen LogP contribution in [0, 0.1) is 0 Å². The molecule has 0 aromatic heterocycles. The van der Waals surface area contributed by atoms with E-state index in [2.05, 4.69) is 0 Å². The molecule has 0 heterocycles. The average molecular weight is 180 g/mol. The average Bonchev–Trinajstić information content (AvgIpc) is 1.36. The summed E-state index contributed by atoms with van der Waals surface area (Å²) in [4.78, 5) is 18.2. The van der Waals surface area contributed by atoms with Crippen LogP contribution in [0.2, 0.25) is 0 Å². The van der Waals surface area contributed by atoms with Crippen LogP contribution >= 0.6 is 0 Å². The maximum absolute atomic E-state index is 9.10. The third-order valence-corrected chi connectivity index (χ3v) is 0.183. The second-order valence-electron chi connectivity index (χ2n) is 0.610. The second kappa shape index (κ2) is 12.8. The molecule has 0 aliphatic carbocycles. The van der Waals surface area contributed by atoms with E-state index in [-0.39, 0.29) is 96.9 Å². The second-order valence-corrected chi connectivity index (χ2v) is 0.610. The zero-order chi connectivity index (χ0) is 5.15. The summed E-state index contributed by atoms with van der Waals surface area (Å²) in [6.07, 6.45) is 0. The molecule has 9 heavy (non-hydrogen) atoms. The van der Waals surface area contributed by atoms with E-state index in [0.717, 1.165) is 0 Å². The van der Waals surface area contributed by atoms with Crippen LogP contribution in [-0.2, 0) is 9.59 Å². The van der Waals surface area contributed by atoms with Gasteiger partial charge in [-0.2, -0.15) is 0 Å². The summed E-state index contributed by atoms with van der Waals surface area (Å²) in [5, 5.41) is 14.8. The van der Waals surface area contributed by atoms with E-state index in [0.29, 0.717) is 0 Å². The summed E-state index contributed by atoms with van der Waals surface area (Å²) in [6.45, 7) is 0. The number of hydrogen-bond acceptors (Lipinski definition) is 2. The molecule has 2 N–H and O–H groups in total. The maximum atomic E-state index is 9.10. The molecule has 7 heteroatoms. The predicted octanol–water partition coefficient (Wildman–Crippen LogP) is -3.06. The van der Waals surface area contributed by atoms with Gasteiger partial charge in [0.1, 0.15) is 0 Å². The first kappa shape index (κ1) is 22.5. The zero-order valence-corrected chi connectivity index (χ0v) is 2.71. The van der Waals surface area contributed by atoms with Gasteiger partial charge in [-0.3, -0.25) is 0 Å². The molecule has 0 bridgehead atoms. The minimum atomic E-state index is -1.82. The van der Waals surface area contributed by atoms with Gasteiger partial charge in [-0.1, -0.05) is 0 Å². The normalized spacial score (nSPS) is 4.89. The van der Waals surface area contributed by atoms with Gasteiger partial charge in [0.25, 0.3) is 0 Å². The number of hydrogen-bond donors (Lipinski definition) is 2. The zero-order valence-electron chi connectivity index (χ0n) is 2.71. The van der Waals surface area contributed by atoms with Crippen molar-refractivity contribution in [1.82, 2.24) is 0 Å². The van der Waals surface area contributed by atoms with Crippen LogP contribution in [0.1, 0.15) is 0 Å². The van der Waals surface area contributed by atoms with E-state index in [1.165, 1.54) is 0 Å². The summed E-state index contributed by atoms with van der Waals surface area (Å²) in [5.41, 5.74) is 0. The molecule has 0 spiro atoms. The number of carboxylic acid groups (broad SMARTS) is 2. The first-order valence-electron chi connectivity index (χ1n) is 1.11. The summed E-state index contributed by atoms with van der Waals surface area (Å²) in [6, 6.07) is 0. The summed E-state index contributed by atoms with van der Waals surface area (Å²) in [7, 11) is 0. The fraction of sp³-hybridized carbons (Fsp3) is 0. The van der Waals surface area contributed by atoms with Crippen molar-refractivity contribution in [1.29, 1.82) is 0 Å². The SMILES string of the molecule is O=C(O)C(=O)O.[CaH2].[NaH].[NaH]. The number of carboxylic acids is 2. The van der Waals surface area contributed by atoms with Gasteiger partial charge in [0.15, 0.2) is 0 Å². The van der Waals surface area contributed by atoms with E-state index in [1.807, 2.05) is 0 Å². The van der Waals surface area contributed by atoms with Crippen LogP contribution in [-0.4, -0.2) is 119 Å². The van der Waals surface area contributed by atoms with Crippen molar-refractivity contribution < 1.29 is 19.8 Å². The number of aliphatic carboxylic acids is 2. The summed E-state index contributed by atoms with van der Waals surface area (Å²) in [5.74, 6) is -3.65. The van der Waals surface area contributed by atoms with Gasteiger partial charge in [-0.25, -0.2) is 9.59 Å². The molecule has 0 fully saturated rings. The molecule has 0 radical (unpaired) electrons. The van der Waals surface area contributed by atoms with Gasteiger partial charge in [0, 0.05) is 0 Å². The van der Waals surface area contributed by atoms with E-state index in [1.54, 1.807) is 0 Å². The van der Waals surface area contributed by atoms with Crippen molar-refractivity contribution in [2.24, 2.45) is 0 Å². The fourth-order valence-corrected chi connectivity index (χ4v) is 0. The van der Waals surface area contributed by atoms with Crippen molar-refractivity contribution in [2.75, 3.05) is 0 Å². The molecule has 0 rings (SSSR count). The van der Waals surface area contributed by atoms with E-state index in [4.69, 9.17) is 19.8 Å². The Balaban J connectivity index is -0.0000000417. The molecule has 0 amide bonds. The summed E-state index contributed by atoms with van der Waals surface area (Å²) < 4.78 is 0. The van der Waals surface area contributed by atoms with Gasteiger partial charge < -0.3 is 10.2 Å². The number of rotatable bonds is 0. The van der Waals surface area contributed by atoms with E-state index < -0.39 is 11.9 Å². The van der Waals surface area contributed by atoms with E-state index in [9.17, 15) is 0 Å². The molecule has 0 aromatic carbocycles. The standard InChI is InChI=1S/C2H2O4.Ca.2Na.4H/c3-1(4)2(5)6;;;;;;;/h(H,3,4)(H,5,6);;;;;;;. The first-order chi connectivity index (χ1) is 2.64. The molecule has 0 aliphatic rings. The molecular weight excluding hydrogens is 174 g/mol. The Bertz CT molecular complexity index is 82.6. The molecule has 0 unspecified atom stereocenters. The van der Waals surface area contributed by atoms with Crippen molar-refractivity contribution >= 4 is 109 Å². The van der Waals surface area contributed by atoms with Crippen molar-refractivity contribution in [3.8, 4) is 0 Å². The molecule has 4 nitrogen and oxygen atoms in total. The van der Waals surface area contributed by atoms with Gasteiger partial charge in [0.2, 0.25) is 0 Å². The molecule has 0 saturated heterocycles. The van der Waals surface area contributed by atoms with Crippen LogP contribution in [0.5, 0.6) is 0 Å². The topological polar surface area (TPSA) is 74.6 Å². The number of carbonyl (C=O) groups is 2.